The molecule has 0 aromatic heterocycles. The van der Waals surface area contributed by atoms with Crippen molar-refractivity contribution in [3.63, 3.8) is 0 Å². The Hall–Kier alpha value is -2.97. The molecule has 0 atom stereocenters. The summed E-state index contributed by atoms with van der Waals surface area (Å²) in [5, 5.41) is 2.97. The van der Waals surface area contributed by atoms with E-state index in [9.17, 15) is 4.79 Å². The molecule has 31 heavy (non-hydrogen) atoms. The summed E-state index contributed by atoms with van der Waals surface area (Å²) in [6.07, 6.45) is 0. The maximum atomic E-state index is 13.0. The van der Waals surface area contributed by atoms with Crippen molar-refractivity contribution in [1.29, 1.82) is 0 Å². The SMILES string of the molecule is O=C(Nc1ccc2c(c1)OCCO2)N1CCOc2ccc(CN3CCOCC3)cc2C1. The lowest BCUT2D eigenvalue weighted by Gasteiger charge is -2.27. The Balaban J connectivity index is 1.27. The van der Waals surface area contributed by atoms with Crippen molar-refractivity contribution >= 4 is 11.7 Å². The molecule has 0 unspecified atom stereocenters. The Kier molecular flexibility index (Phi) is 5.82. The Labute approximate surface area is 181 Å². The molecule has 1 fully saturated rings. The minimum absolute atomic E-state index is 0.160. The van der Waals surface area contributed by atoms with Crippen LogP contribution in [-0.4, -0.2) is 68.5 Å². The summed E-state index contributed by atoms with van der Waals surface area (Å²) in [5.74, 6) is 2.20. The molecule has 1 N–H and O–H groups in total. The fraction of sp³-hybridized carbons (Fsp3) is 0.435. The number of hydrogen-bond donors (Lipinski definition) is 1. The number of hydrogen-bond acceptors (Lipinski definition) is 6. The lowest BCUT2D eigenvalue weighted by atomic mass is 10.1. The third-order valence-corrected chi connectivity index (χ3v) is 5.70. The predicted molar refractivity (Wildman–Crippen MR) is 115 cm³/mol. The average Bonchev–Trinajstić information content (AvgIpc) is 3.02. The molecule has 0 radical (unpaired) electrons. The number of amides is 2. The number of urea groups is 1. The second-order valence-corrected chi connectivity index (χ2v) is 7.89. The van der Waals surface area contributed by atoms with Crippen molar-refractivity contribution in [2.24, 2.45) is 0 Å². The first-order valence-electron chi connectivity index (χ1n) is 10.7. The molecule has 0 bridgehead atoms. The van der Waals surface area contributed by atoms with Gasteiger partial charge in [-0.25, -0.2) is 4.79 Å². The number of ether oxygens (including phenoxy) is 4. The zero-order valence-electron chi connectivity index (χ0n) is 17.5. The average molecular weight is 425 g/mol. The van der Waals surface area contributed by atoms with Gasteiger partial charge in [0.05, 0.1) is 26.3 Å². The molecular formula is C23H27N3O5. The van der Waals surface area contributed by atoms with Crippen LogP contribution in [0.4, 0.5) is 10.5 Å². The Morgan fingerprint density at radius 3 is 2.48 bits per heavy atom. The van der Waals surface area contributed by atoms with Crippen molar-refractivity contribution in [3.05, 3.63) is 47.5 Å². The van der Waals surface area contributed by atoms with Crippen molar-refractivity contribution in [1.82, 2.24) is 9.80 Å². The van der Waals surface area contributed by atoms with Crippen molar-refractivity contribution in [2.45, 2.75) is 13.1 Å². The molecule has 2 amide bonds. The topological polar surface area (TPSA) is 72.5 Å². The Morgan fingerprint density at radius 2 is 1.61 bits per heavy atom. The number of benzene rings is 2. The molecule has 3 heterocycles. The summed E-state index contributed by atoms with van der Waals surface area (Å²) < 4.78 is 22.5. The fourth-order valence-electron chi connectivity index (χ4n) is 4.06. The number of morpholine rings is 1. The molecule has 0 saturated carbocycles. The summed E-state index contributed by atoms with van der Waals surface area (Å²) in [5.41, 5.74) is 2.93. The van der Waals surface area contributed by atoms with Gasteiger partial charge in [0, 0.05) is 37.0 Å². The summed E-state index contributed by atoms with van der Waals surface area (Å²) in [6.45, 7) is 6.85. The van der Waals surface area contributed by atoms with E-state index in [-0.39, 0.29) is 6.03 Å². The second kappa shape index (κ2) is 9.03. The quantitative estimate of drug-likeness (QED) is 0.815. The highest BCUT2D eigenvalue weighted by atomic mass is 16.6. The van der Waals surface area contributed by atoms with E-state index in [1.807, 2.05) is 18.2 Å². The van der Waals surface area contributed by atoms with Gasteiger partial charge in [-0.05, 0) is 29.8 Å². The van der Waals surface area contributed by atoms with Gasteiger partial charge in [-0.1, -0.05) is 6.07 Å². The summed E-state index contributed by atoms with van der Waals surface area (Å²) >= 11 is 0. The monoisotopic (exact) mass is 425 g/mol. The van der Waals surface area contributed by atoms with E-state index in [4.69, 9.17) is 18.9 Å². The summed E-state index contributed by atoms with van der Waals surface area (Å²) in [7, 11) is 0. The molecule has 0 spiro atoms. The predicted octanol–water partition coefficient (Wildman–Crippen LogP) is 2.72. The second-order valence-electron chi connectivity index (χ2n) is 7.89. The van der Waals surface area contributed by atoms with Crippen molar-refractivity contribution in [2.75, 3.05) is 58.0 Å². The number of fused-ring (bicyclic) bond motifs is 2. The van der Waals surface area contributed by atoms with E-state index >= 15 is 0 Å². The third kappa shape index (κ3) is 4.70. The smallest absolute Gasteiger partial charge is 0.322 e. The number of rotatable bonds is 3. The van der Waals surface area contributed by atoms with E-state index in [1.165, 1.54) is 5.56 Å². The lowest BCUT2D eigenvalue weighted by Crippen LogP contribution is -2.36. The van der Waals surface area contributed by atoms with Crippen LogP contribution in [0.3, 0.4) is 0 Å². The molecule has 2 aromatic carbocycles. The molecule has 3 aliphatic heterocycles. The van der Waals surface area contributed by atoms with Crippen LogP contribution in [0, 0.1) is 0 Å². The van der Waals surface area contributed by atoms with Gasteiger partial charge in [-0.2, -0.15) is 0 Å². The van der Waals surface area contributed by atoms with E-state index in [0.717, 1.165) is 44.2 Å². The number of nitrogens with one attached hydrogen (secondary N) is 1. The highest BCUT2D eigenvalue weighted by Gasteiger charge is 2.22. The number of carbonyl (C=O) groups excluding carboxylic acids is 1. The number of nitrogens with zero attached hydrogens (tertiary/aromatic N) is 2. The molecule has 1 saturated heterocycles. The molecule has 2 aromatic rings. The zero-order valence-corrected chi connectivity index (χ0v) is 17.5. The van der Waals surface area contributed by atoms with Crippen LogP contribution < -0.4 is 19.5 Å². The normalized spacial score (nSPS) is 18.5. The van der Waals surface area contributed by atoms with Gasteiger partial charge in [0.1, 0.15) is 25.6 Å². The third-order valence-electron chi connectivity index (χ3n) is 5.70. The molecule has 0 aliphatic carbocycles. The van der Waals surface area contributed by atoms with Crippen molar-refractivity contribution < 1.29 is 23.7 Å². The largest absolute Gasteiger partial charge is 0.491 e. The first-order chi connectivity index (χ1) is 15.2. The van der Waals surface area contributed by atoms with E-state index in [1.54, 1.807) is 11.0 Å². The van der Waals surface area contributed by atoms with E-state index < -0.39 is 0 Å². The minimum Gasteiger partial charge on any atom is -0.491 e. The minimum atomic E-state index is -0.160. The fourth-order valence-corrected chi connectivity index (χ4v) is 4.06. The molecule has 8 nitrogen and oxygen atoms in total. The molecular weight excluding hydrogens is 398 g/mol. The molecule has 8 heteroatoms. The zero-order chi connectivity index (χ0) is 21.0. The maximum Gasteiger partial charge on any atom is 0.322 e. The van der Waals surface area contributed by atoms with Gasteiger partial charge < -0.3 is 29.2 Å². The lowest BCUT2D eigenvalue weighted by molar-refractivity contribution is 0.0342. The Bertz CT molecular complexity index is 945. The van der Waals surface area contributed by atoms with Crippen LogP contribution in [-0.2, 0) is 17.8 Å². The summed E-state index contributed by atoms with van der Waals surface area (Å²) in [4.78, 5) is 17.1. The van der Waals surface area contributed by atoms with Crippen LogP contribution >= 0.6 is 0 Å². The maximum absolute atomic E-state index is 13.0. The first kappa shape index (κ1) is 20.0. The van der Waals surface area contributed by atoms with Gasteiger partial charge in [-0.3, -0.25) is 4.90 Å². The van der Waals surface area contributed by atoms with Crippen LogP contribution in [0.5, 0.6) is 17.2 Å². The van der Waals surface area contributed by atoms with Crippen LogP contribution in [0.25, 0.3) is 0 Å². The van der Waals surface area contributed by atoms with Crippen LogP contribution in [0.2, 0.25) is 0 Å². The van der Waals surface area contributed by atoms with Gasteiger partial charge >= 0.3 is 6.03 Å². The van der Waals surface area contributed by atoms with Gasteiger partial charge in [0.25, 0.3) is 0 Å². The number of carbonyl (C=O) groups is 1. The molecule has 3 aliphatic rings. The van der Waals surface area contributed by atoms with Crippen LogP contribution in [0.1, 0.15) is 11.1 Å². The first-order valence-corrected chi connectivity index (χ1v) is 10.7. The summed E-state index contributed by atoms with van der Waals surface area (Å²) in [6, 6.07) is 11.6. The number of anilines is 1. The molecule has 164 valence electrons. The Morgan fingerprint density at radius 1 is 0.839 bits per heavy atom. The van der Waals surface area contributed by atoms with E-state index in [0.29, 0.717) is 50.1 Å². The van der Waals surface area contributed by atoms with Gasteiger partial charge in [-0.15, -0.1) is 0 Å². The van der Waals surface area contributed by atoms with Gasteiger partial charge in [0.2, 0.25) is 0 Å². The standard InChI is InChI=1S/C23H27N3O5/c27-23(24-19-2-4-21-22(14-19)31-12-11-30-21)26-7-10-29-20-3-1-17(13-18(20)16-26)15-25-5-8-28-9-6-25/h1-4,13-14H,5-12,15-16H2,(H,24,27). The van der Waals surface area contributed by atoms with Crippen LogP contribution in [0.15, 0.2) is 36.4 Å². The molecule has 5 rings (SSSR count). The van der Waals surface area contributed by atoms with Gasteiger partial charge in [0.15, 0.2) is 11.5 Å². The van der Waals surface area contributed by atoms with Crippen molar-refractivity contribution in [3.8, 4) is 17.2 Å². The van der Waals surface area contributed by atoms with E-state index in [2.05, 4.69) is 22.3 Å². The highest BCUT2D eigenvalue weighted by Crippen LogP contribution is 2.33. The highest BCUT2D eigenvalue weighted by molar-refractivity contribution is 5.89.